The molecular weight excluding hydrogens is 364 g/mol. The van der Waals surface area contributed by atoms with Gasteiger partial charge in [0.1, 0.15) is 11.9 Å². The molecule has 0 spiro atoms. The fourth-order valence-electron chi connectivity index (χ4n) is 4.16. The van der Waals surface area contributed by atoms with E-state index in [0.29, 0.717) is 36.0 Å². The number of pyridine rings is 1. The number of nitrogens with zero attached hydrogens (tertiary/aromatic N) is 2. The molecule has 144 valence electrons. The van der Waals surface area contributed by atoms with E-state index in [9.17, 15) is 8.42 Å². The van der Waals surface area contributed by atoms with Crippen molar-refractivity contribution in [3.8, 4) is 11.6 Å². The normalized spacial score (nSPS) is 25.3. The highest BCUT2D eigenvalue weighted by molar-refractivity contribution is 7.89. The zero-order valence-electron chi connectivity index (χ0n) is 15.3. The summed E-state index contributed by atoms with van der Waals surface area (Å²) in [6, 6.07) is 12.2. The number of sulfonamides is 1. The summed E-state index contributed by atoms with van der Waals surface area (Å²) in [6.45, 7) is 2.46. The van der Waals surface area contributed by atoms with Crippen molar-refractivity contribution in [3.63, 3.8) is 0 Å². The first-order valence-corrected chi connectivity index (χ1v) is 10.9. The summed E-state index contributed by atoms with van der Waals surface area (Å²) >= 11 is 0. The fourth-order valence-corrected chi connectivity index (χ4v) is 6.05. The van der Waals surface area contributed by atoms with Gasteiger partial charge in [0.2, 0.25) is 15.9 Å². The SMILES string of the molecule is CCOc1ccc(S(=O)(=O)N2C3CCC2CC(Oc2ccccn2)C3)cc1. The highest BCUT2D eigenvalue weighted by Crippen LogP contribution is 2.40. The summed E-state index contributed by atoms with van der Waals surface area (Å²) in [4.78, 5) is 4.54. The first-order valence-electron chi connectivity index (χ1n) is 9.42. The lowest BCUT2D eigenvalue weighted by molar-refractivity contribution is 0.0918. The largest absolute Gasteiger partial charge is 0.494 e. The van der Waals surface area contributed by atoms with Crippen molar-refractivity contribution >= 4 is 10.0 Å². The lowest BCUT2D eigenvalue weighted by Gasteiger charge is -2.37. The molecule has 2 fully saturated rings. The van der Waals surface area contributed by atoms with E-state index in [0.717, 1.165) is 12.8 Å². The molecule has 4 rings (SSSR count). The van der Waals surface area contributed by atoms with E-state index in [1.165, 1.54) is 0 Å². The van der Waals surface area contributed by atoms with Crippen LogP contribution in [0.4, 0.5) is 0 Å². The third-order valence-corrected chi connectivity index (χ3v) is 7.28. The van der Waals surface area contributed by atoms with Gasteiger partial charge >= 0.3 is 0 Å². The van der Waals surface area contributed by atoms with Crippen LogP contribution in [0.1, 0.15) is 32.6 Å². The molecule has 2 aromatic rings. The summed E-state index contributed by atoms with van der Waals surface area (Å²) in [6.07, 6.45) is 4.86. The quantitative estimate of drug-likeness (QED) is 0.760. The maximum atomic E-state index is 13.2. The predicted octanol–water partition coefficient (Wildman–Crippen LogP) is 3.24. The average molecular weight is 388 g/mol. The molecule has 2 aliphatic heterocycles. The Morgan fingerprint density at radius 1 is 1.07 bits per heavy atom. The van der Waals surface area contributed by atoms with Crippen LogP contribution >= 0.6 is 0 Å². The van der Waals surface area contributed by atoms with E-state index in [1.54, 1.807) is 34.8 Å². The number of hydrogen-bond acceptors (Lipinski definition) is 5. The first-order chi connectivity index (χ1) is 13.1. The van der Waals surface area contributed by atoms with Crippen molar-refractivity contribution in [2.75, 3.05) is 6.61 Å². The fraction of sp³-hybridized carbons (Fsp3) is 0.450. The van der Waals surface area contributed by atoms with Gasteiger partial charge in [-0.15, -0.1) is 0 Å². The first kappa shape index (κ1) is 18.3. The van der Waals surface area contributed by atoms with Crippen LogP contribution < -0.4 is 9.47 Å². The molecule has 0 saturated carbocycles. The topological polar surface area (TPSA) is 68.7 Å². The molecule has 3 heterocycles. The summed E-state index contributed by atoms with van der Waals surface area (Å²) in [5.74, 6) is 1.28. The number of hydrogen-bond donors (Lipinski definition) is 0. The van der Waals surface area contributed by atoms with Gasteiger partial charge in [-0.25, -0.2) is 13.4 Å². The molecule has 2 saturated heterocycles. The number of rotatable bonds is 6. The van der Waals surface area contributed by atoms with Crippen LogP contribution in [0, 0.1) is 0 Å². The second-order valence-corrected chi connectivity index (χ2v) is 8.85. The van der Waals surface area contributed by atoms with Gasteiger partial charge in [-0.3, -0.25) is 0 Å². The Bertz CT molecular complexity index is 857. The molecule has 0 amide bonds. The molecule has 27 heavy (non-hydrogen) atoms. The van der Waals surface area contributed by atoms with Crippen LogP contribution in [-0.4, -0.2) is 42.5 Å². The Morgan fingerprint density at radius 3 is 2.37 bits per heavy atom. The van der Waals surface area contributed by atoms with Gasteiger partial charge < -0.3 is 9.47 Å². The molecule has 2 atom stereocenters. The monoisotopic (exact) mass is 388 g/mol. The number of piperidine rings is 1. The third-order valence-electron chi connectivity index (χ3n) is 5.26. The molecular formula is C20H24N2O4S. The van der Waals surface area contributed by atoms with Gasteiger partial charge in [0, 0.05) is 37.2 Å². The number of benzene rings is 1. The van der Waals surface area contributed by atoms with Crippen LogP contribution in [0.15, 0.2) is 53.6 Å². The highest BCUT2D eigenvalue weighted by Gasteiger charge is 2.47. The Hall–Kier alpha value is -2.12. The maximum Gasteiger partial charge on any atom is 0.243 e. The van der Waals surface area contributed by atoms with E-state index >= 15 is 0 Å². The van der Waals surface area contributed by atoms with Crippen LogP contribution in [0.3, 0.4) is 0 Å². The molecule has 0 aliphatic carbocycles. The minimum absolute atomic E-state index is 0.00387. The molecule has 1 aromatic carbocycles. The zero-order chi connectivity index (χ0) is 18.9. The van der Waals surface area contributed by atoms with E-state index in [4.69, 9.17) is 9.47 Å². The van der Waals surface area contributed by atoms with Gasteiger partial charge in [0.25, 0.3) is 0 Å². The standard InChI is InChI=1S/C20H24N2O4S/c1-2-25-17-8-10-19(11-9-17)27(23,24)22-15-6-7-16(22)14-18(13-15)26-20-5-3-4-12-21-20/h3-5,8-12,15-16,18H,2,6-7,13-14H2,1H3. The lowest BCUT2D eigenvalue weighted by atomic mass is 10.0. The molecule has 0 radical (unpaired) electrons. The average Bonchev–Trinajstić information content (AvgIpc) is 2.96. The molecule has 0 N–H and O–H groups in total. The van der Waals surface area contributed by atoms with Crippen molar-refractivity contribution in [3.05, 3.63) is 48.7 Å². The molecule has 2 unspecified atom stereocenters. The van der Waals surface area contributed by atoms with Crippen molar-refractivity contribution < 1.29 is 17.9 Å². The maximum absolute atomic E-state index is 13.2. The van der Waals surface area contributed by atoms with E-state index in [1.807, 2.05) is 25.1 Å². The highest BCUT2D eigenvalue weighted by atomic mass is 32.2. The van der Waals surface area contributed by atoms with Crippen molar-refractivity contribution in [2.24, 2.45) is 0 Å². The molecule has 1 aromatic heterocycles. The molecule has 2 bridgehead atoms. The van der Waals surface area contributed by atoms with E-state index in [2.05, 4.69) is 4.98 Å². The summed E-state index contributed by atoms with van der Waals surface area (Å²) in [5, 5.41) is 0. The number of ether oxygens (including phenoxy) is 2. The van der Waals surface area contributed by atoms with Crippen molar-refractivity contribution in [1.29, 1.82) is 0 Å². The molecule has 6 nitrogen and oxygen atoms in total. The smallest absolute Gasteiger partial charge is 0.243 e. The summed E-state index contributed by atoms with van der Waals surface area (Å²) < 4.78 is 39.5. The second-order valence-electron chi connectivity index (χ2n) is 7.00. The molecule has 7 heteroatoms. The van der Waals surface area contributed by atoms with Crippen LogP contribution in [-0.2, 0) is 10.0 Å². The minimum atomic E-state index is -3.52. The minimum Gasteiger partial charge on any atom is -0.494 e. The van der Waals surface area contributed by atoms with Gasteiger partial charge in [-0.1, -0.05) is 6.07 Å². The van der Waals surface area contributed by atoms with Gasteiger partial charge in [0.05, 0.1) is 11.5 Å². The van der Waals surface area contributed by atoms with Crippen molar-refractivity contribution in [2.45, 2.75) is 55.7 Å². The Kier molecular flexibility index (Phi) is 5.06. The van der Waals surface area contributed by atoms with Gasteiger partial charge in [-0.05, 0) is 50.1 Å². The second kappa shape index (κ2) is 7.48. The summed E-state index contributed by atoms with van der Waals surface area (Å²) in [5.41, 5.74) is 0. The Morgan fingerprint density at radius 2 is 1.78 bits per heavy atom. The number of fused-ring (bicyclic) bond motifs is 2. The zero-order valence-corrected chi connectivity index (χ0v) is 16.1. The summed E-state index contributed by atoms with van der Waals surface area (Å²) in [7, 11) is -3.52. The van der Waals surface area contributed by atoms with E-state index < -0.39 is 10.0 Å². The van der Waals surface area contributed by atoms with E-state index in [-0.39, 0.29) is 18.2 Å². The lowest BCUT2D eigenvalue weighted by Crippen LogP contribution is -2.49. The Balaban J connectivity index is 1.50. The van der Waals surface area contributed by atoms with Gasteiger partial charge in [-0.2, -0.15) is 4.31 Å². The van der Waals surface area contributed by atoms with Gasteiger partial charge in [0.15, 0.2) is 0 Å². The van der Waals surface area contributed by atoms with Crippen molar-refractivity contribution in [1.82, 2.24) is 9.29 Å². The van der Waals surface area contributed by atoms with Crippen LogP contribution in [0.2, 0.25) is 0 Å². The number of aromatic nitrogens is 1. The van der Waals surface area contributed by atoms with Crippen LogP contribution in [0.5, 0.6) is 11.6 Å². The van der Waals surface area contributed by atoms with Crippen LogP contribution in [0.25, 0.3) is 0 Å². The predicted molar refractivity (Wildman–Crippen MR) is 101 cm³/mol. The third kappa shape index (κ3) is 3.66. The Labute approximate surface area is 160 Å². The molecule has 2 aliphatic rings.